The SMILES string of the molecule is Cc1ccc(SCCCC(=O)Nc2nnc(-c3ccc(F)cc3)o2)cc1. The molecule has 0 saturated carbocycles. The smallest absolute Gasteiger partial charge is 0.322 e. The standard InChI is InChI=1S/C19H18FN3O2S/c1-13-4-10-16(11-5-13)26-12-2-3-17(24)21-19-23-22-18(25-19)14-6-8-15(20)9-7-14/h4-11H,2-3,12H2,1H3,(H,21,23,24). The number of halogens is 1. The molecular formula is C19H18FN3O2S. The van der Waals surface area contributed by atoms with Crippen LogP contribution in [-0.4, -0.2) is 21.9 Å². The Kier molecular flexibility index (Phi) is 6.01. The normalized spacial score (nSPS) is 10.7. The molecule has 0 aliphatic rings. The van der Waals surface area contributed by atoms with Gasteiger partial charge in [-0.15, -0.1) is 16.9 Å². The van der Waals surface area contributed by atoms with Crippen molar-refractivity contribution in [3.05, 3.63) is 59.9 Å². The number of amides is 1. The Morgan fingerprint density at radius 2 is 1.85 bits per heavy atom. The minimum Gasteiger partial charge on any atom is -0.403 e. The van der Waals surface area contributed by atoms with Crippen LogP contribution in [0.15, 0.2) is 57.8 Å². The topological polar surface area (TPSA) is 68.0 Å². The van der Waals surface area contributed by atoms with E-state index in [2.05, 4.69) is 46.7 Å². The number of carbonyl (C=O) groups is 1. The largest absolute Gasteiger partial charge is 0.403 e. The number of aromatic nitrogens is 2. The predicted octanol–water partition coefficient (Wildman–Crippen LogP) is 4.70. The van der Waals surface area contributed by atoms with Crippen molar-refractivity contribution in [1.29, 1.82) is 0 Å². The summed E-state index contributed by atoms with van der Waals surface area (Å²) in [6.07, 6.45) is 1.11. The summed E-state index contributed by atoms with van der Waals surface area (Å²) in [6.45, 7) is 2.05. The lowest BCUT2D eigenvalue weighted by Crippen LogP contribution is -2.11. The molecule has 5 nitrogen and oxygen atoms in total. The number of nitrogens with zero attached hydrogens (tertiary/aromatic N) is 2. The third kappa shape index (κ3) is 5.16. The van der Waals surface area contributed by atoms with Gasteiger partial charge in [-0.05, 0) is 55.5 Å². The summed E-state index contributed by atoms with van der Waals surface area (Å²) in [6, 6.07) is 14.0. The van der Waals surface area contributed by atoms with E-state index in [4.69, 9.17) is 4.42 Å². The van der Waals surface area contributed by atoms with Crippen LogP contribution in [0.1, 0.15) is 18.4 Å². The molecule has 1 amide bonds. The number of hydrogen-bond donors (Lipinski definition) is 1. The molecule has 1 heterocycles. The molecule has 0 aliphatic heterocycles. The number of benzene rings is 2. The van der Waals surface area contributed by atoms with E-state index in [-0.39, 0.29) is 23.6 Å². The maximum Gasteiger partial charge on any atom is 0.322 e. The molecule has 3 aromatic rings. The molecule has 2 aromatic carbocycles. The fraction of sp³-hybridized carbons (Fsp3) is 0.211. The van der Waals surface area contributed by atoms with Gasteiger partial charge in [-0.1, -0.05) is 22.8 Å². The van der Waals surface area contributed by atoms with Crippen LogP contribution in [0.4, 0.5) is 10.4 Å². The summed E-state index contributed by atoms with van der Waals surface area (Å²) in [5.74, 6) is 0.561. The van der Waals surface area contributed by atoms with Gasteiger partial charge in [-0.2, -0.15) is 0 Å². The molecular weight excluding hydrogens is 353 g/mol. The minimum atomic E-state index is -0.342. The van der Waals surface area contributed by atoms with Gasteiger partial charge in [0.2, 0.25) is 11.8 Å². The summed E-state index contributed by atoms with van der Waals surface area (Å²) in [4.78, 5) is 13.2. The quantitative estimate of drug-likeness (QED) is 0.482. The first kappa shape index (κ1) is 18.1. The van der Waals surface area contributed by atoms with E-state index >= 15 is 0 Å². The minimum absolute atomic E-state index is 0.0421. The number of carbonyl (C=O) groups excluding carboxylic acids is 1. The Labute approximate surface area is 155 Å². The lowest BCUT2D eigenvalue weighted by atomic mass is 10.2. The molecule has 7 heteroatoms. The first-order valence-corrected chi connectivity index (χ1v) is 9.17. The number of thioether (sulfide) groups is 1. The van der Waals surface area contributed by atoms with Crippen LogP contribution in [0.3, 0.4) is 0 Å². The van der Waals surface area contributed by atoms with Gasteiger partial charge in [-0.3, -0.25) is 10.1 Å². The van der Waals surface area contributed by atoms with Gasteiger partial charge < -0.3 is 4.42 Å². The van der Waals surface area contributed by atoms with Gasteiger partial charge in [0.25, 0.3) is 0 Å². The lowest BCUT2D eigenvalue weighted by molar-refractivity contribution is -0.116. The van der Waals surface area contributed by atoms with Gasteiger partial charge in [0.1, 0.15) is 5.82 Å². The van der Waals surface area contributed by atoms with Gasteiger partial charge in [0, 0.05) is 16.9 Å². The van der Waals surface area contributed by atoms with E-state index in [0.29, 0.717) is 12.0 Å². The lowest BCUT2D eigenvalue weighted by Gasteiger charge is -2.02. The number of hydrogen-bond acceptors (Lipinski definition) is 5. The maximum atomic E-state index is 12.9. The van der Waals surface area contributed by atoms with Crippen molar-refractivity contribution >= 4 is 23.7 Å². The van der Waals surface area contributed by atoms with Crippen molar-refractivity contribution in [2.24, 2.45) is 0 Å². The summed E-state index contributed by atoms with van der Waals surface area (Å²) in [5.41, 5.74) is 1.82. The van der Waals surface area contributed by atoms with Crippen molar-refractivity contribution in [3.8, 4) is 11.5 Å². The average molecular weight is 371 g/mol. The third-order valence-electron chi connectivity index (χ3n) is 3.60. The molecule has 0 bridgehead atoms. The zero-order valence-electron chi connectivity index (χ0n) is 14.2. The molecule has 0 unspecified atom stereocenters. The van der Waals surface area contributed by atoms with E-state index in [1.165, 1.54) is 34.7 Å². The van der Waals surface area contributed by atoms with Crippen LogP contribution < -0.4 is 5.32 Å². The molecule has 0 saturated heterocycles. The number of aryl methyl sites for hydroxylation is 1. The van der Waals surface area contributed by atoms with E-state index in [0.717, 1.165) is 12.2 Å². The van der Waals surface area contributed by atoms with Crippen molar-refractivity contribution in [2.75, 3.05) is 11.1 Å². The first-order valence-electron chi connectivity index (χ1n) is 8.19. The number of rotatable bonds is 7. The van der Waals surface area contributed by atoms with E-state index in [1.807, 2.05) is 0 Å². The van der Waals surface area contributed by atoms with Crippen molar-refractivity contribution in [3.63, 3.8) is 0 Å². The van der Waals surface area contributed by atoms with Crippen LogP contribution in [0, 0.1) is 12.7 Å². The van der Waals surface area contributed by atoms with E-state index in [9.17, 15) is 9.18 Å². The maximum absolute atomic E-state index is 12.9. The van der Waals surface area contributed by atoms with Gasteiger partial charge in [0.15, 0.2) is 0 Å². The second-order valence-corrected chi connectivity index (χ2v) is 6.90. The van der Waals surface area contributed by atoms with Crippen molar-refractivity contribution < 1.29 is 13.6 Å². The third-order valence-corrected chi connectivity index (χ3v) is 4.70. The molecule has 0 atom stereocenters. The van der Waals surface area contributed by atoms with Gasteiger partial charge in [-0.25, -0.2) is 4.39 Å². The Bertz CT molecular complexity index is 863. The van der Waals surface area contributed by atoms with Gasteiger partial charge >= 0.3 is 6.01 Å². The highest BCUT2D eigenvalue weighted by molar-refractivity contribution is 7.99. The Balaban J connectivity index is 1.43. The van der Waals surface area contributed by atoms with Crippen molar-refractivity contribution in [1.82, 2.24) is 10.2 Å². The van der Waals surface area contributed by atoms with Crippen LogP contribution in [0.25, 0.3) is 11.5 Å². The molecule has 0 fully saturated rings. The summed E-state index contributed by atoms with van der Waals surface area (Å²) >= 11 is 1.72. The highest BCUT2D eigenvalue weighted by Gasteiger charge is 2.11. The van der Waals surface area contributed by atoms with E-state index < -0.39 is 0 Å². The number of anilines is 1. The van der Waals surface area contributed by atoms with Crippen LogP contribution in [-0.2, 0) is 4.79 Å². The molecule has 0 aliphatic carbocycles. The summed E-state index contributed by atoms with van der Waals surface area (Å²) < 4.78 is 18.3. The molecule has 1 N–H and O–H groups in total. The predicted molar refractivity (Wildman–Crippen MR) is 99.5 cm³/mol. The Hall–Kier alpha value is -2.67. The zero-order valence-corrected chi connectivity index (χ0v) is 15.1. The summed E-state index contributed by atoms with van der Waals surface area (Å²) in [5, 5.41) is 10.2. The molecule has 3 rings (SSSR count). The second-order valence-electron chi connectivity index (χ2n) is 5.73. The second kappa shape index (κ2) is 8.62. The molecule has 26 heavy (non-hydrogen) atoms. The van der Waals surface area contributed by atoms with E-state index in [1.54, 1.807) is 11.8 Å². The van der Waals surface area contributed by atoms with Gasteiger partial charge in [0.05, 0.1) is 0 Å². The monoisotopic (exact) mass is 371 g/mol. The van der Waals surface area contributed by atoms with Crippen LogP contribution in [0.5, 0.6) is 0 Å². The van der Waals surface area contributed by atoms with Crippen molar-refractivity contribution in [2.45, 2.75) is 24.7 Å². The fourth-order valence-electron chi connectivity index (χ4n) is 2.22. The Morgan fingerprint density at radius 3 is 2.58 bits per heavy atom. The Morgan fingerprint density at radius 1 is 1.12 bits per heavy atom. The molecule has 0 spiro atoms. The number of nitrogens with one attached hydrogen (secondary N) is 1. The van der Waals surface area contributed by atoms with Crippen LogP contribution >= 0.6 is 11.8 Å². The molecule has 0 radical (unpaired) electrons. The highest BCUT2D eigenvalue weighted by atomic mass is 32.2. The highest BCUT2D eigenvalue weighted by Crippen LogP contribution is 2.21. The molecule has 134 valence electrons. The molecule has 1 aromatic heterocycles. The fourth-order valence-corrected chi connectivity index (χ4v) is 3.07. The van der Waals surface area contributed by atoms with Crippen LogP contribution in [0.2, 0.25) is 0 Å². The zero-order chi connectivity index (χ0) is 18.4. The summed E-state index contributed by atoms with van der Waals surface area (Å²) in [7, 11) is 0. The first-order chi connectivity index (χ1) is 12.6. The average Bonchev–Trinajstić information content (AvgIpc) is 3.09.